The molecule has 8 heteroatoms. The molecule has 180 valence electrons. The summed E-state index contributed by atoms with van der Waals surface area (Å²) < 4.78 is 16.6. The molecule has 0 aromatic heterocycles. The summed E-state index contributed by atoms with van der Waals surface area (Å²) in [6.45, 7) is 8.46. The smallest absolute Gasteiger partial charge is 0.191 e. The summed E-state index contributed by atoms with van der Waals surface area (Å²) in [6.07, 6.45) is 5.37. The fourth-order valence-corrected chi connectivity index (χ4v) is 4.51. The number of rotatable bonds is 9. The summed E-state index contributed by atoms with van der Waals surface area (Å²) in [6, 6.07) is 6.37. The van der Waals surface area contributed by atoms with Gasteiger partial charge in [0.25, 0.3) is 0 Å². The van der Waals surface area contributed by atoms with Crippen LogP contribution in [0.1, 0.15) is 37.3 Å². The van der Waals surface area contributed by atoms with E-state index in [1.165, 1.54) is 44.3 Å². The molecule has 2 fully saturated rings. The number of guanidine groups is 1. The highest BCUT2D eigenvalue weighted by Crippen LogP contribution is 2.32. The van der Waals surface area contributed by atoms with Crippen molar-refractivity contribution >= 4 is 5.96 Å². The largest absolute Gasteiger partial charge is 0.493 e. The lowest BCUT2D eigenvalue weighted by Gasteiger charge is -2.35. The zero-order valence-electron chi connectivity index (χ0n) is 20.1. The van der Waals surface area contributed by atoms with E-state index in [2.05, 4.69) is 37.6 Å². The van der Waals surface area contributed by atoms with Crippen LogP contribution in [0.4, 0.5) is 0 Å². The van der Waals surface area contributed by atoms with Crippen LogP contribution < -0.4 is 20.1 Å². The number of hydrogen-bond acceptors (Lipinski definition) is 6. The lowest BCUT2D eigenvalue weighted by molar-refractivity contribution is 0.0169. The number of hydrogen-bond donors (Lipinski definition) is 2. The molecule has 0 amide bonds. The van der Waals surface area contributed by atoms with Gasteiger partial charge in [-0.1, -0.05) is 18.9 Å². The van der Waals surface area contributed by atoms with Gasteiger partial charge in [0.1, 0.15) is 0 Å². The van der Waals surface area contributed by atoms with Crippen LogP contribution in [-0.4, -0.2) is 96.1 Å². The molecule has 0 bridgehead atoms. The van der Waals surface area contributed by atoms with Crippen LogP contribution in [0.25, 0.3) is 0 Å². The Morgan fingerprint density at radius 1 is 1.00 bits per heavy atom. The van der Waals surface area contributed by atoms with Crippen molar-refractivity contribution in [2.75, 3.05) is 80.3 Å². The molecule has 3 rings (SSSR count). The third-order valence-corrected chi connectivity index (χ3v) is 6.38. The molecule has 0 aliphatic carbocycles. The van der Waals surface area contributed by atoms with Gasteiger partial charge in [-0.25, -0.2) is 0 Å². The van der Waals surface area contributed by atoms with Gasteiger partial charge in [0.15, 0.2) is 17.5 Å². The van der Waals surface area contributed by atoms with Crippen LogP contribution in [0, 0.1) is 0 Å². The molecular formula is C24H41N5O3. The Balaban J connectivity index is 1.60. The molecule has 0 saturated carbocycles. The number of morpholine rings is 1. The highest BCUT2D eigenvalue weighted by Gasteiger charge is 2.24. The molecule has 1 aromatic rings. The third kappa shape index (κ3) is 7.25. The summed E-state index contributed by atoms with van der Waals surface area (Å²) in [4.78, 5) is 9.47. The Morgan fingerprint density at radius 3 is 2.38 bits per heavy atom. The molecule has 2 N–H and O–H groups in total. The first-order valence-electron chi connectivity index (χ1n) is 12.0. The van der Waals surface area contributed by atoms with Gasteiger partial charge in [-0.05, 0) is 43.6 Å². The molecule has 0 radical (unpaired) electrons. The molecule has 2 saturated heterocycles. The van der Waals surface area contributed by atoms with Crippen molar-refractivity contribution in [3.63, 3.8) is 0 Å². The van der Waals surface area contributed by atoms with Gasteiger partial charge in [0.2, 0.25) is 0 Å². The highest BCUT2D eigenvalue weighted by atomic mass is 16.5. The van der Waals surface area contributed by atoms with Gasteiger partial charge in [0, 0.05) is 39.8 Å². The Kier molecular flexibility index (Phi) is 10.4. The first kappa shape index (κ1) is 24.6. The van der Waals surface area contributed by atoms with Crippen molar-refractivity contribution in [2.24, 2.45) is 4.99 Å². The van der Waals surface area contributed by atoms with Crippen molar-refractivity contribution in [1.82, 2.24) is 20.4 Å². The third-order valence-electron chi connectivity index (χ3n) is 6.38. The van der Waals surface area contributed by atoms with Crippen molar-refractivity contribution < 1.29 is 14.2 Å². The SMILES string of the molecule is CN=C(NCCN1CCCCCC1)NCC(c1ccc(OC)c(OC)c1)N1CCOCC1. The average Bonchev–Trinajstić information content (AvgIpc) is 3.12. The number of nitrogens with one attached hydrogen (secondary N) is 2. The normalized spacial score (nSPS) is 19.8. The Hall–Kier alpha value is -2.03. The Labute approximate surface area is 193 Å². The van der Waals surface area contributed by atoms with Crippen molar-refractivity contribution in [3.8, 4) is 11.5 Å². The van der Waals surface area contributed by atoms with E-state index in [0.29, 0.717) is 0 Å². The van der Waals surface area contributed by atoms with E-state index in [1.807, 2.05) is 13.1 Å². The first-order valence-corrected chi connectivity index (χ1v) is 12.0. The molecule has 1 unspecified atom stereocenters. The average molecular weight is 448 g/mol. The van der Waals surface area contributed by atoms with Crippen LogP contribution in [-0.2, 0) is 4.74 Å². The highest BCUT2D eigenvalue weighted by molar-refractivity contribution is 5.79. The van der Waals surface area contributed by atoms with Gasteiger partial charge in [-0.15, -0.1) is 0 Å². The van der Waals surface area contributed by atoms with E-state index in [0.717, 1.165) is 63.4 Å². The summed E-state index contributed by atoms with van der Waals surface area (Å²) >= 11 is 0. The quantitative estimate of drug-likeness (QED) is 0.444. The lowest BCUT2D eigenvalue weighted by atomic mass is 10.0. The molecular weight excluding hydrogens is 406 g/mol. The number of likely N-dealkylation sites (tertiary alicyclic amines) is 1. The number of nitrogens with zero attached hydrogens (tertiary/aromatic N) is 3. The maximum Gasteiger partial charge on any atom is 0.191 e. The van der Waals surface area contributed by atoms with Crippen molar-refractivity contribution in [3.05, 3.63) is 23.8 Å². The number of ether oxygens (including phenoxy) is 3. The summed E-state index contributed by atoms with van der Waals surface area (Å²) in [5, 5.41) is 7.04. The predicted molar refractivity (Wildman–Crippen MR) is 129 cm³/mol. The van der Waals surface area contributed by atoms with Crippen LogP contribution in [0.3, 0.4) is 0 Å². The molecule has 32 heavy (non-hydrogen) atoms. The van der Waals surface area contributed by atoms with Gasteiger partial charge < -0.3 is 29.7 Å². The molecule has 1 aromatic carbocycles. The second-order valence-corrected chi connectivity index (χ2v) is 8.41. The van der Waals surface area contributed by atoms with E-state index in [4.69, 9.17) is 14.2 Å². The van der Waals surface area contributed by atoms with Gasteiger partial charge >= 0.3 is 0 Å². The van der Waals surface area contributed by atoms with Crippen molar-refractivity contribution in [1.29, 1.82) is 0 Å². The van der Waals surface area contributed by atoms with E-state index >= 15 is 0 Å². The Bertz CT molecular complexity index is 701. The van der Waals surface area contributed by atoms with Crippen LogP contribution in [0.15, 0.2) is 23.2 Å². The minimum atomic E-state index is 0.183. The number of benzene rings is 1. The first-order chi connectivity index (χ1) is 15.7. The van der Waals surface area contributed by atoms with Gasteiger partial charge in [0.05, 0.1) is 33.5 Å². The second kappa shape index (κ2) is 13.5. The standard InChI is InChI=1S/C24H41N5O3/c1-25-24(26-10-13-28-11-6-4-5-7-12-28)27-19-21(29-14-16-32-17-15-29)20-8-9-22(30-2)23(18-20)31-3/h8-9,18,21H,4-7,10-17,19H2,1-3H3,(H2,25,26,27). The summed E-state index contributed by atoms with van der Waals surface area (Å²) in [5.41, 5.74) is 1.19. The minimum absolute atomic E-state index is 0.183. The van der Waals surface area contributed by atoms with E-state index in [-0.39, 0.29) is 6.04 Å². The number of aliphatic imine (C=N–C) groups is 1. The molecule has 2 heterocycles. The molecule has 0 spiro atoms. The maximum absolute atomic E-state index is 5.59. The number of methoxy groups -OCH3 is 2. The van der Waals surface area contributed by atoms with Crippen LogP contribution in [0.5, 0.6) is 11.5 Å². The summed E-state index contributed by atoms with van der Waals surface area (Å²) in [7, 11) is 5.18. The van der Waals surface area contributed by atoms with Gasteiger partial charge in [-0.3, -0.25) is 9.89 Å². The zero-order chi connectivity index (χ0) is 22.6. The monoisotopic (exact) mass is 447 g/mol. The predicted octanol–water partition coefficient (Wildman–Crippen LogP) is 2.12. The van der Waals surface area contributed by atoms with E-state index in [1.54, 1.807) is 14.2 Å². The molecule has 8 nitrogen and oxygen atoms in total. The molecule has 1 atom stereocenters. The van der Waals surface area contributed by atoms with Crippen LogP contribution in [0.2, 0.25) is 0 Å². The zero-order valence-corrected chi connectivity index (χ0v) is 20.1. The van der Waals surface area contributed by atoms with E-state index < -0.39 is 0 Å². The Morgan fingerprint density at radius 2 is 1.72 bits per heavy atom. The summed E-state index contributed by atoms with van der Waals surface area (Å²) in [5.74, 6) is 2.35. The minimum Gasteiger partial charge on any atom is -0.493 e. The maximum atomic E-state index is 5.59. The fourth-order valence-electron chi connectivity index (χ4n) is 4.51. The van der Waals surface area contributed by atoms with Crippen molar-refractivity contribution in [2.45, 2.75) is 31.7 Å². The fraction of sp³-hybridized carbons (Fsp3) is 0.708. The topological polar surface area (TPSA) is 70.6 Å². The molecule has 2 aliphatic heterocycles. The lowest BCUT2D eigenvalue weighted by Crippen LogP contribution is -2.47. The van der Waals surface area contributed by atoms with E-state index in [9.17, 15) is 0 Å². The van der Waals surface area contributed by atoms with Crippen LogP contribution >= 0.6 is 0 Å². The second-order valence-electron chi connectivity index (χ2n) is 8.41. The van der Waals surface area contributed by atoms with Gasteiger partial charge in [-0.2, -0.15) is 0 Å². The molecule has 2 aliphatic rings.